The molecular formula is C11H12BrFO2. The lowest BCUT2D eigenvalue weighted by atomic mass is 10.2. The van der Waals surface area contributed by atoms with Crippen LogP contribution in [0.15, 0.2) is 16.6 Å². The van der Waals surface area contributed by atoms with Crippen molar-refractivity contribution in [3.05, 3.63) is 28.0 Å². The summed E-state index contributed by atoms with van der Waals surface area (Å²) < 4.78 is 19.2. The average Bonchev–Trinajstić information content (AvgIpc) is 2.14. The average molecular weight is 275 g/mol. The van der Waals surface area contributed by atoms with Gasteiger partial charge in [0.15, 0.2) is 17.9 Å². The molecule has 0 N–H and O–H groups in total. The maximum Gasteiger partial charge on any atom is 0.166 e. The molecule has 0 saturated heterocycles. The van der Waals surface area contributed by atoms with E-state index in [1.165, 1.54) is 12.1 Å². The summed E-state index contributed by atoms with van der Waals surface area (Å²) in [5, 5.41) is 0. The summed E-state index contributed by atoms with van der Waals surface area (Å²) in [7, 11) is 0. The Labute approximate surface area is 96.6 Å². The van der Waals surface area contributed by atoms with Crippen molar-refractivity contribution in [1.82, 2.24) is 0 Å². The van der Waals surface area contributed by atoms with Crippen molar-refractivity contribution in [3.8, 4) is 5.75 Å². The largest absolute Gasteiger partial charge is 0.489 e. The highest BCUT2D eigenvalue weighted by Gasteiger charge is 2.11. The molecule has 2 nitrogen and oxygen atoms in total. The second kappa shape index (κ2) is 5.26. The van der Waals surface area contributed by atoms with Gasteiger partial charge in [0, 0.05) is 4.47 Å². The number of rotatable bonds is 4. The van der Waals surface area contributed by atoms with Gasteiger partial charge in [0.05, 0.1) is 12.2 Å². The molecule has 0 unspecified atom stereocenters. The topological polar surface area (TPSA) is 26.3 Å². The van der Waals surface area contributed by atoms with Crippen molar-refractivity contribution in [1.29, 1.82) is 0 Å². The van der Waals surface area contributed by atoms with Gasteiger partial charge in [0.1, 0.15) is 0 Å². The molecule has 1 aromatic carbocycles. The third-order valence-corrected chi connectivity index (χ3v) is 2.18. The Morgan fingerprint density at radius 3 is 2.73 bits per heavy atom. The van der Waals surface area contributed by atoms with Crippen LogP contribution < -0.4 is 4.74 Å². The zero-order valence-electron chi connectivity index (χ0n) is 8.59. The minimum absolute atomic E-state index is 0.0295. The molecule has 0 saturated carbocycles. The van der Waals surface area contributed by atoms with Gasteiger partial charge in [-0.3, -0.25) is 4.79 Å². The normalized spacial score (nSPS) is 10.5. The van der Waals surface area contributed by atoms with E-state index in [2.05, 4.69) is 15.9 Å². The van der Waals surface area contributed by atoms with Crippen LogP contribution in [0.25, 0.3) is 0 Å². The minimum atomic E-state index is -0.521. The summed E-state index contributed by atoms with van der Waals surface area (Å²) in [5.74, 6) is -0.207. The lowest BCUT2D eigenvalue weighted by molar-refractivity contribution is 0.111. The van der Waals surface area contributed by atoms with Crippen LogP contribution in [-0.2, 0) is 0 Å². The molecule has 0 atom stereocenters. The van der Waals surface area contributed by atoms with E-state index in [1.54, 1.807) is 0 Å². The van der Waals surface area contributed by atoms with Gasteiger partial charge < -0.3 is 4.74 Å². The standard InChI is InChI=1S/C11H12BrFO2/c1-7(2)6-15-11-8(5-14)3-9(12)4-10(11)13/h3-5,7H,6H2,1-2H3. The molecule has 0 aromatic heterocycles. The van der Waals surface area contributed by atoms with Gasteiger partial charge in [-0.05, 0) is 18.1 Å². The maximum atomic E-state index is 13.4. The third kappa shape index (κ3) is 3.30. The molecule has 0 aliphatic heterocycles. The second-order valence-electron chi connectivity index (χ2n) is 3.63. The van der Waals surface area contributed by atoms with E-state index in [0.29, 0.717) is 17.4 Å². The number of halogens is 2. The van der Waals surface area contributed by atoms with Crippen molar-refractivity contribution in [2.75, 3.05) is 6.61 Å². The van der Waals surface area contributed by atoms with Crippen molar-refractivity contribution in [2.24, 2.45) is 5.92 Å². The van der Waals surface area contributed by atoms with Crippen molar-refractivity contribution in [2.45, 2.75) is 13.8 Å². The van der Waals surface area contributed by atoms with Crippen LogP contribution in [0.1, 0.15) is 24.2 Å². The fraction of sp³-hybridized carbons (Fsp3) is 0.364. The molecule has 0 amide bonds. The molecule has 0 aliphatic carbocycles. The van der Waals surface area contributed by atoms with Crippen molar-refractivity contribution < 1.29 is 13.9 Å². The van der Waals surface area contributed by atoms with Crippen LogP contribution in [-0.4, -0.2) is 12.9 Å². The second-order valence-corrected chi connectivity index (χ2v) is 4.54. The van der Waals surface area contributed by atoms with E-state index in [4.69, 9.17) is 4.74 Å². The highest BCUT2D eigenvalue weighted by atomic mass is 79.9. The van der Waals surface area contributed by atoms with Gasteiger partial charge >= 0.3 is 0 Å². The van der Waals surface area contributed by atoms with Crippen molar-refractivity contribution >= 4 is 22.2 Å². The molecule has 0 fully saturated rings. The van der Waals surface area contributed by atoms with Crippen LogP contribution in [0.5, 0.6) is 5.75 Å². The Kier molecular flexibility index (Phi) is 4.27. The number of aldehydes is 1. The fourth-order valence-corrected chi connectivity index (χ4v) is 1.52. The third-order valence-electron chi connectivity index (χ3n) is 1.73. The molecule has 0 heterocycles. The van der Waals surface area contributed by atoms with Gasteiger partial charge in [0.25, 0.3) is 0 Å². The van der Waals surface area contributed by atoms with E-state index in [9.17, 15) is 9.18 Å². The number of carbonyl (C=O) groups excluding carboxylic acids is 1. The van der Waals surface area contributed by atoms with Crippen LogP contribution in [0.2, 0.25) is 0 Å². The van der Waals surface area contributed by atoms with Crippen LogP contribution in [0.3, 0.4) is 0 Å². The first-order valence-electron chi connectivity index (χ1n) is 4.61. The first kappa shape index (κ1) is 12.2. The smallest absolute Gasteiger partial charge is 0.166 e. The Morgan fingerprint density at radius 2 is 2.20 bits per heavy atom. The van der Waals surface area contributed by atoms with E-state index in [1.807, 2.05) is 13.8 Å². The van der Waals surface area contributed by atoms with Crippen molar-refractivity contribution in [3.63, 3.8) is 0 Å². The predicted molar refractivity (Wildman–Crippen MR) is 59.8 cm³/mol. The summed E-state index contributed by atoms with van der Waals surface area (Å²) in [6.07, 6.45) is 0.587. The van der Waals surface area contributed by atoms with E-state index in [0.717, 1.165) is 0 Å². The first-order valence-corrected chi connectivity index (χ1v) is 5.41. The zero-order chi connectivity index (χ0) is 11.4. The number of hydrogen-bond donors (Lipinski definition) is 0. The highest BCUT2D eigenvalue weighted by Crippen LogP contribution is 2.26. The molecule has 1 rings (SSSR count). The lowest BCUT2D eigenvalue weighted by Gasteiger charge is -2.11. The molecular weight excluding hydrogens is 263 g/mol. The zero-order valence-corrected chi connectivity index (χ0v) is 10.2. The van der Waals surface area contributed by atoms with Gasteiger partial charge in [-0.1, -0.05) is 29.8 Å². The van der Waals surface area contributed by atoms with E-state index < -0.39 is 5.82 Å². The SMILES string of the molecule is CC(C)COc1c(F)cc(Br)cc1C=O. The van der Waals surface area contributed by atoms with E-state index in [-0.39, 0.29) is 17.2 Å². The molecule has 0 aliphatic rings. The first-order chi connectivity index (χ1) is 7.04. The van der Waals surface area contributed by atoms with Gasteiger partial charge in [0.2, 0.25) is 0 Å². The van der Waals surface area contributed by atoms with Gasteiger partial charge in [-0.25, -0.2) is 4.39 Å². The minimum Gasteiger partial charge on any atom is -0.489 e. The summed E-state index contributed by atoms with van der Waals surface area (Å²) in [6, 6.07) is 2.81. The highest BCUT2D eigenvalue weighted by molar-refractivity contribution is 9.10. The molecule has 0 radical (unpaired) electrons. The number of benzene rings is 1. The van der Waals surface area contributed by atoms with Crippen LogP contribution >= 0.6 is 15.9 Å². The summed E-state index contributed by atoms with van der Waals surface area (Å²) >= 11 is 3.11. The fourth-order valence-electron chi connectivity index (χ4n) is 1.07. The van der Waals surface area contributed by atoms with Gasteiger partial charge in [-0.2, -0.15) is 0 Å². The van der Waals surface area contributed by atoms with Crippen LogP contribution in [0.4, 0.5) is 4.39 Å². The summed E-state index contributed by atoms with van der Waals surface area (Å²) in [5.41, 5.74) is 0.225. The van der Waals surface area contributed by atoms with E-state index >= 15 is 0 Å². The number of ether oxygens (including phenoxy) is 1. The number of carbonyl (C=O) groups is 1. The Morgan fingerprint density at radius 1 is 1.53 bits per heavy atom. The maximum absolute atomic E-state index is 13.4. The number of hydrogen-bond acceptors (Lipinski definition) is 2. The molecule has 82 valence electrons. The quantitative estimate of drug-likeness (QED) is 0.787. The monoisotopic (exact) mass is 274 g/mol. The Bertz CT molecular complexity index is 364. The Balaban J connectivity index is 2.99. The molecule has 1 aromatic rings. The molecule has 4 heteroatoms. The summed E-state index contributed by atoms with van der Waals surface area (Å²) in [4.78, 5) is 10.7. The molecule has 0 spiro atoms. The lowest BCUT2D eigenvalue weighted by Crippen LogP contribution is -2.07. The molecule has 0 bridgehead atoms. The van der Waals surface area contributed by atoms with Gasteiger partial charge in [-0.15, -0.1) is 0 Å². The Hall–Kier alpha value is -0.900. The molecule has 15 heavy (non-hydrogen) atoms. The predicted octanol–water partition coefficient (Wildman–Crippen LogP) is 3.44. The summed E-state index contributed by atoms with van der Waals surface area (Å²) in [6.45, 7) is 4.30. The van der Waals surface area contributed by atoms with Crippen LogP contribution in [0, 0.1) is 11.7 Å².